The van der Waals surface area contributed by atoms with E-state index in [0.29, 0.717) is 35.6 Å². The van der Waals surface area contributed by atoms with Gasteiger partial charge >= 0.3 is 0 Å². The van der Waals surface area contributed by atoms with Crippen LogP contribution in [0.2, 0.25) is 0 Å². The van der Waals surface area contributed by atoms with E-state index in [0.717, 1.165) is 15.3 Å². The van der Waals surface area contributed by atoms with Gasteiger partial charge in [-0.05, 0) is 30.4 Å². The zero-order valence-electron chi connectivity index (χ0n) is 14.5. The van der Waals surface area contributed by atoms with Crippen LogP contribution in [0.3, 0.4) is 0 Å². The van der Waals surface area contributed by atoms with Gasteiger partial charge in [0.15, 0.2) is 0 Å². The van der Waals surface area contributed by atoms with Crippen molar-refractivity contribution in [2.75, 3.05) is 18.1 Å². The predicted molar refractivity (Wildman–Crippen MR) is 104 cm³/mol. The molecule has 26 heavy (non-hydrogen) atoms. The molecule has 0 spiro atoms. The Kier molecular flexibility index (Phi) is 5.33. The number of fused-ring (bicyclic) bond motifs is 1. The summed E-state index contributed by atoms with van der Waals surface area (Å²) in [6.07, 6.45) is 2.46. The van der Waals surface area contributed by atoms with E-state index >= 15 is 0 Å². The highest BCUT2D eigenvalue weighted by molar-refractivity contribution is 7.98. The molecule has 3 rings (SSSR count). The number of hydrogen-bond acceptors (Lipinski definition) is 5. The first-order chi connectivity index (χ1) is 12.4. The maximum Gasteiger partial charge on any atom is 0.257 e. The second-order valence-electron chi connectivity index (χ2n) is 5.92. The average Bonchev–Trinajstić information content (AvgIpc) is 2.98. The van der Waals surface area contributed by atoms with E-state index in [1.807, 2.05) is 18.4 Å². The van der Waals surface area contributed by atoms with Gasteiger partial charge in [-0.2, -0.15) is 0 Å². The normalized spacial score (nSPS) is 13.2. The Morgan fingerprint density at radius 1 is 1.27 bits per heavy atom. The highest BCUT2D eigenvalue weighted by Crippen LogP contribution is 2.37. The summed E-state index contributed by atoms with van der Waals surface area (Å²) in [6.45, 7) is 2.50. The van der Waals surface area contributed by atoms with Gasteiger partial charge in [-0.1, -0.05) is 12.1 Å². The molecule has 0 fully saturated rings. The van der Waals surface area contributed by atoms with Gasteiger partial charge in [0.1, 0.15) is 5.00 Å². The molecule has 1 aromatic heterocycles. The second-order valence-corrected chi connectivity index (χ2v) is 7.87. The third-order valence-corrected chi connectivity index (χ3v) is 6.26. The molecule has 1 aliphatic rings. The molecule has 6 nitrogen and oxygen atoms in total. The predicted octanol–water partition coefficient (Wildman–Crippen LogP) is 2.73. The molecule has 3 amide bonds. The number of primary amides is 1. The van der Waals surface area contributed by atoms with Crippen molar-refractivity contribution in [2.45, 2.75) is 24.8 Å². The number of hydrogen-bond donors (Lipinski definition) is 2. The molecule has 2 aromatic rings. The van der Waals surface area contributed by atoms with Gasteiger partial charge in [0, 0.05) is 23.2 Å². The maximum atomic E-state index is 12.7. The summed E-state index contributed by atoms with van der Waals surface area (Å²) in [6, 6.07) is 7.29. The molecule has 1 aliphatic heterocycles. The minimum absolute atomic E-state index is 0.0100. The van der Waals surface area contributed by atoms with E-state index in [1.54, 1.807) is 17.0 Å². The highest BCUT2D eigenvalue weighted by atomic mass is 32.2. The molecule has 8 heteroatoms. The quantitative estimate of drug-likeness (QED) is 0.787. The molecular formula is C18H19N3O3S2. The van der Waals surface area contributed by atoms with Crippen molar-refractivity contribution in [1.82, 2.24) is 4.90 Å². The van der Waals surface area contributed by atoms with Crippen molar-refractivity contribution in [3.05, 3.63) is 45.8 Å². The standard InChI is InChI=1S/C18H19N3O3S2/c1-10(22)21-8-7-11-14(9-21)26-18(15(11)16(19)23)20-17(24)12-5-3-4-6-13(12)25-2/h3-6H,7-9H2,1-2H3,(H2,19,23)(H,20,24). The van der Waals surface area contributed by atoms with Crippen LogP contribution in [0.4, 0.5) is 5.00 Å². The summed E-state index contributed by atoms with van der Waals surface area (Å²) in [5.74, 6) is -0.851. The fraction of sp³-hybridized carbons (Fsp3) is 0.278. The fourth-order valence-corrected chi connectivity index (χ4v) is 4.88. The highest BCUT2D eigenvalue weighted by Gasteiger charge is 2.28. The minimum Gasteiger partial charge on any atom is -0.365 e. The van der Waals surface area contributed by atoms with Gasteiger partial charge in [0.05, 0.1) is 17.7 Å². The summed E-state index contributed by atoms with van der Waals surface area (Å²) >= 11 is 2.80. The first-order valence-corrected chi connectivity index (χ1v) is 10.1. The number of anilines is 1. The molecule has 2 heterocycles. The van der Waals surface area contributed by atoms with Crippen LogP contribution >= 0.6 is 23.1 Å². The molecule has 0 atom stereocenters. The van der Waals surface area contributed by atoms with Crippen molar-refractivity contribution in [3.8, 4) is 0 Å². The lowest BCUT2D eigenvalue weighted by Gasteiger charge is -2.25. The van der Waals surface area contributed by atoms with Crippen LogP contribution in [-0.2, 0) is 17.8 Å². The number of carbonyl (C=O) groups excluding carboxylic acids is 3. The van der Waals surface area contributed by atoms with E-state index in [2.05, 4.69) is 5.32 Å². The smallest absolute Gasteiger partial charge is 0.257 e. The van der Waals surface area contributed by atoms with Crippen molar-refractivity contribution in [2.24, 2.45) is 5.73 Å². The Hall–Kier alpha value is -2.32. The average molecular weight is 390 g/mol. The first-order valence-electron chi connectivity index (χ1n) is 8.06. The molecule has 1 aromatic carbocycles. The Morgan fingerprint density at radius 2 is 2.00 bits per heavy atom. The fourth-order valence-electron chi connectivity index (χ4n) is 3.02. The van der Waals surface area contributed by atoms with E-state index < -0.39 is 5.91 Å². The van der Waals surface area contributed by atoms with E-state index in [4.69, 9.17) is 5.73 Å². The van der Waals surface area contributed by atoms with Crippen molar-refractivity contribution >= 4 is 45.8 Å². The lowest BCUT2D eigenvalue weighted by atomic mass is 10.0. The Labute approximate surface area is 159 Å². The number of amides is 3. The van der Waals surface area contributed by atoms with E-state index in [1.165, 1.54) is 30.0 Å². The van der Waals surface area contributed by atoms with Crippen LogP contribution in [0, 0.1) is 0 Å². The number of nitrogens with one attached hydrogen (secondary N) is 1. The SMILES string of the molecule is CSc1ccccc1C(=O)Nc1sc2c(c1C(N)=O)CCN(C(C)=O)C2. The van der Waals surface area contributed by atoms with Crippen molar-refractivity contribution in [3.63, 3.8) is 0 Å². The molecule has 0 saturated carbocycles. The summed E-state index contributed by atoms with van der Waals surface area (Å²) in [5.41, 5.74) is 7.33. The lowest BCUT2D eigenvalue weighted by Crippen LogP contribution is -2.34. The number of nitrogens with two attached hydrogens (primary N) is 1. The van der Waals surface area contributed by atoms with Gasteiger partial charge in [-0.15, -0.1) is 23.1 Å². The molecule has 136 valence electrons. The van der Waals surface area contributed by atoms with Gasteiger partial charge in [0.2, 0.25) is 5.91 Å². The minimum atomic E-state index is -0.563. The Balaban J connectivity index is 1.94. The molecule has 0 unspecified atom stereocenters. The Bertz CT molecular complexity index is 892. The van der Waals surface area contributed by atoms with Crippen LogP contribution in [0.25, 0.3) is 0 Å². The van der Waals surface area contributed by atoms with Crippen molar-refractivity contribution in [1.29, 1.82) is 0 Å². The largest absolute Gasteiger partial charge is 0.365 e. The zero-order valence-corrected chi connectivity index (χ0v) is 16.1. The second kappa shape index (κ2) is 7.51. The Morgan fingerprint density at radius 3 is 2.65 bits per heavy atom. The van der Waals surface area contributed by atoms with E-state index in [-0.39, 0.29) is 11.8 Å². The van der Waals surface area contributed by atoms with E-state index in [9.17, 15) is 14.4 Å². The van der Waals surface area contributed by atoms with Gasteiger partial charge in [-0.3, -0.25) is 14.4 Å². The van der Waals surface area contributed by atoms with Crippen LogP contribution in [0.1, 0.15) is 38.1 Å². The van der Waals surface area contributed by atoms with Gasteiger partial charge in [-0.25, -0.2) is 0 Å². The first kappa shape index (κ1) is 18.5. The maximum absolute atomic E-state index is 12.7. The molecule has 0 radical (unpaired) electrons. The third-order valence-electron chi connectivity index (χ3n) is 4.33. The molecule has 3 N–H and O–H groups in total. The number of rotatable bonds is 4. The number of carbonyl (C=O) groups is 3. The lowest BCUT2D eigenvalue weighted by molar-refractivity contribution is -0.129. The number of thiophene rings is 1. The summed E-state index contributed by atoms with van der Waals surface area (Å²) < 4.78 is 0. The topological polar surface area (TPSA) is 92.5 Å². The molecular weight excluding hydrogens is 370 g/mol. The van der Waals surface area contributed by atoms with Crippen LogP contribution in [0.5, 0.6) is 0 Å². The number of benzene rings is 1. The summed E-state index contributed by atoms with van der Waals surface area (Å²) in [4.78, 5) is 39.8. The van der Waals surface area contributed by atoms with Crippen LogP contribution < -0.4 is 11.1 Å². The van der Waals surface area contributed by atoms with Crippen LogP contribution in [0.15, 0.2) is 29.2 Å². The van der Waals surface area contributed by atoms with Gasteiger partial charge in [0.25, 0.3) is 11.8 Å². The van der Waals surface area contributed by atoms with Crippen molar-refractivity contribution < 1.29 is 14.4 Å². The summed E-state index contributed by atoms with van der Waals surface area (Å²) in [7, 11) is 0. The number of thioether (sulfide) groups is 1. The van der Waals surface area contributed by atoms with Gasteiger partial charge < -0.3 is 16.0 Å². The monoisotopic (exact) mass is 389 g/mol. The zero-order chi connectivity index (χ0) is 18.8. The van der Waals surface area contributed by atoms with Crippen LogP contribution in [-0.4, -0.2) is 35.4 Å². The molecule has 0 bridgehead atoms. The molecule has 0 aliphatic carbocycles. The number of nitrogens with zero attached hydrogens (tertiary/aromatic N) is 1. The molecule has 0 saturated heterocycles. The summed E-state index contributed by atoms with van der Waals surface area (Å²) in [5, 5.41) is 3.30. The third kappa shape index (κ3) is 3.47.